The maximum Gasteiger partial charge on any atom is 0.0740 e. The molecule has 1 fully saturated rings. The summed E-state index contributed by atoms with van der Waals surface area (Å²) in [5, 5.41) is 11.0. The summed E-state index contributed by atoms with van der Waals surface area (Å²) in [4.78, 5) is 7.14. The molecule has 0 aliphatic carbocycles. The van der Waals surface area contributed by atoms with Gasteiger partial charge in [-0.2, -0.15) is 0 Å². The minimum atomic E-state index is 0.284. The number of rotatable bonds is 4. The van der Waals surface area contributed by atoms with Gasteiger partial charge in [-0.3, -0.25) is 4.90 Å². The molecule has 4 heteroatoms. The first-order chi connectivity index (χ1) is 10.2. The molecular weight excluding hydrogens is 284 g/mol. The van der Waals surface area contributed by atoms with Gasteiger partial charge >= 0.3 is 0 Å². The monoisotopic (exact) mass is 304 g/mol. The Morgan fingerprint density at radius 3 is 3.00 bits per heavy atom. The van der Waals surface area contributed by atoms with E-state index in [0.29, 0.717) is 5.92 Å². The number of hydrogen-bond donors (Lipinski definition) is 1. The number of aromatic nitrogens is 1. The molecular formula is C17H21ClN2O. The zero-order valence-electron chi connectivity index (χ0n) is 12.3. The fourth-order valence-electron chi connectivity index (χ4n) is 3.21. The summed E-state index contributed by atoms with van der Waals surface area (Å²) in [5.74, 6) is 0.607. The van der Waals surface area contributed by atoms with Gasteiger partial charge in [0.25, 0.3) is 0 Å². The molecule has 2 heterocycles. The maximum atomic E-state index is 9.05. The van der Waals surface area contributed by atoms with Gasteiger partial charge in [-0.05, 0) is 43.9 Å². The topological polar surface area (TPSA) is 36.4 Å². The summed E-state index contributed by atoms with van der Waals surface area (Å²) in [6.45, 7) is 5.24. The second-order valence-corrected chi connectivity index (χ2v) is 6.29. The zero-order valence-corrected chi connectivity index (χ0v) is 13.1. The van der Waals surface area contributed by atoms with E-state index in [1.165, 1.54) is 0 Å². The summed E-state index contributed by atoms with van der Waals surface area (Å²) in [5.41, 5.74) is 3.10. The predicted molar refractivity (Wildman–Crippen MR) is 86.6 cm³/mol. The first-order valence-corrected chi connectivity index (χ1v) is 7.93. The van der Waals surface area contributed by atoms with E-state index in [2.05, 4.69) is 17.9 Å². The lowest BCUT2D eigenvalue weighted by molar-refractivity contribution is 0.249. The van der Waals surface area contributed by atoms with E-state index in [4.69, 9.17) is 21.7 Å². The van der Waals surface area contributed by atoms with Gasteiger partial charge in [-0.1, -0.05) is 29.8 Å². The van der Waals surface area contributed by atoms with Crippen LogP contribution < -0.4 is 0 Å². The molecule has 0 amide bonds. The van der Waals surface area contributed by atoms with Crippen molar-refractivity contribution < 1.29 is 5.11 Å². The van der Waals surface area contributed by atoms with Crippen LogP contribution in [0.1, 0.15) is 24.1 Å². The number of aliphatic hydroxyl groups is 1. The highest BCUT2D eigenvalue weighted by Gasteiger charge is 2.23. The molecule has 3 rings (SSSR count). The van der Waals surface area contributed by atoms with Crippen LogP contribution in [0.15, 0.2) is 24.3 Å². The van der Waals surface area contributed by atoms with Crippen molar-refractivity contribution in [3.8, 4) is 0 Å². The van der Waals surface area contributed by atoms with Crippen molar-refractivity contribution in [1.82, 2.24) is 9.88 Å². The second kappa shape index (κ2) is 6.30. The summed E-state index contributed by atoms with van der Waals surface area (Å²) < 4.78 is 0. The lowest BCUT2D eigenvalue weighted by atomic mass is 10.1. The van der Waals surface area contributed by atoms with Crippen molar-refractivity contribution in [2.75, 3.05) is 19.7 Å². The quantitative estimate of drug-likeness (QED) is 0.940. The molecule has 1 aromatic carbocycles. The molecule has 1 unspecified atom stereocenters. The lowest BCUT2D eigenvalue weighted by Crippen LogP contribution is -2.21. The van der Waals surface area contributed by atoms with Crippen LogP contribution in [0, 0.1) is 12.8 Å². The van der Waals surface area contributed by atoms with Crippen molar-refractivity contribution >= 4 is 22.5 Å². The number of likely N-dealkylation sites (tertiary alicyclic amines) is 1. The van der Waals surface area contributed by atoms with Crippen molar-refractivity contribution in [3.05, 3.63) is 40.5 Å². The zero-order chi connectivity index (χ0) is 14.8. The number of para-hydroxylation sites is 1. The Kier molecular flexibility index (Phi) is 4.43. The first kappa shape index (κ1) is 14.8. The van der Waals surface area contributed by atoms with Gasteiger partial charge in [-0.15, -0.1) is 0 Å². The third-order valence-corrected chi connectivity index (χ3v) is 4.93. The average Bonchev–Trinajstić information content (AvgIpc) is 2.92. The van der Waals surface area contributed by atoms with Gasteiger partial charge in [0.2, 0.25) is 0 Å². The van der Waals surface area contributed by atoms with E-state index >= 15 is 0 Å². The Morgan fingerprint density at radius 1 is 1.38 bits per heavy atom. The average molecular weight is 305 g/mol. The van der Waals surface area contributed by atoms with Crippen molar-refractivity contribution in [1.29, 1.82) is 0 Å². The number of aryl methyl sites for hydroxylation is 1. The largest absolute Gasteiger partial charge is 0.396 e. The number of hydrogen-bond acceptors (Lipinski definition) is 3. The van der Waals surface area contributed by atoms with Crippen LogP contribution in [0.2, 0.25) is 5.02 Å². The van der Waals surface area contributed by atoms with Crippen LogP contribution in [-0.4, -0.2) is 34.7 Å². The van der Waals surface area contributed by atoms with Gasteiger partial charge in [0.05, 0.1) is 16.2 Å². The number of aliphatic hydroxyl groups excluding tert-OH is 1. The van der Waals surface area contributed by atoms with Gasteiger partial charge in [-0.25, -0.2) is 4.98 Å². The SMILES string of the molecule is Cc1c(Cl)c(CN2CCC(CCO)C2)nc2ccccc12. The predicted octanol–water partition coefficient (Wildman–Crippen LogP) is 3.40. The van der Waals surface area contributed by atoms with Crippen LogP contribution in [0.25, 0.3) is 10.9 Å². The summed E-state index contributed by atoms with van der Waals surface area (Å²) in [7, 11) is 0. The Balaban J connectivity index is 1.83. The molecule has 3 nitrogen and oxygen atoms in total. The van der Waals surface area contributed by atoms with Gasteiger partial charge < -0.3 is 5.11 Å². The van der Waals surface area contributed by atoms with Gasteiger partial charge in [0.15, 0.2) is 0 Å². The van der Waals surface area contributed by atoms with Crippen LogP contribution in [0.5, 0.6) is 0 Å². The fourth-order valence-corrected chi connectivity index (χ4v) is 3.41. The van der Waals surface area contributed by atoms with Crippen molar-refractivity contribution in [2.24, 2.45) is 5.92 Å². The van der Waals surface area contributed by atoms with Gasteiger partial charge in [0, 0.05) is 25.1 Å². The number of pyridine rings is 1. The molecule has 112 valence electrons. The second-order valence-electron chi connectivity index (χ2n) is 5.92. The van der Waals surface area contributed by atoms with E-state index in [-0.39, 0.29) is 6.61 Å². The summed E-state index contributed by atoms with van der Waals surface area (Å²) >= 11 is 6.52. The number of benzene rings is 1. The normalized spacial score (nSPS) is 19.5. The molecule has 0 radical (unpaired) electrons. The smallest absolute Gasteiger partial charge is 0.0740 e. The van der Waals surface area contributed by atoms with E-state index in [1.807, 2.05) is 18.2 Å². The van der Waals surface area contributed by atoms with Gasteiger partial charge in [0.1, 0.15) is 0 Å². The molecule has 21 heavy (non-hydrogen) atoms. The molecule has 0 bridgehead atoms. The minimum absolute atomic E-state index is 0.284. The molecule has 1 N–H and O–H groups in total. The van der Waals surface area contributed by atoms with Crippen LogP contribution >= 0.6 is 11.6 Å². The highest BCUT2D eigenvalue weighted by molar-refractivity contribution is 6.32. The molecule has 2 aromatic rings. The molecule has 1 atom stereocenters. The van der Waals surface area contributed by atoms with Crippen molar-refractivity contribution in [2.45, 2.75) is 26.3 Å². The molecule has 1 aromatic heterocycles. The molecule has 0 saturated carbocycles. The van der Waals surface area contributed by atoms with Crippen LogP contribution in [-0.2, 0) is 6.54 Å². The maximum absolute atomic E-state index is 9.05. The summed E-state index contributed by atoms with van der Waals surface area (Å²) in [6.07, 6.45) is 2.05. The number of nitrogens with zero attached hydrogens (tertiary/aromatic N) is 2. The third-order valence-electron chi connectivity index (χ3n) is 4.43. The Bertz CT molecular complexity index is 644. The first-order valence-electron chi connectivity index (χ1n) is 7.56. The number of halogens is 1. The Hall–Kier alpha value is -1.16. The van der Waals surface area contributed by atoms with E-state index in [1.54, 1.807) is 0 Å². The molecule has 1 saturated heterocycles. The lowest BCUT2D eigenvalue weighted by Gasteiger charge is -2.17. The van der Waals surface area contributed by atoms with E-state index in [9.17, 15) is 0 Å². The highest BCUT2D eigenvalue weighted by Crippen LogP contribution is 2.29. The molecule has 1 aliphatic rings. The fraction of sp³-hybridized carbons (Fsp3) is 0.471. The Labute approximate surface area is 130 Å². The van der Waals surface area contributed by atoms with Crippen LogP contribution in [0.3, 0.4) is 0 Å². The molecule has 1 aliphatic heterocycles. The standard InChI is InChI=1S/C17H21ClN2O/c1-12-14-4-2-3-5-15(14)19-16(17(12)18)11-20-8-6-13(10-20)7-9-21/h2-5,13,21H,6-11H2,1H3. The number of fused-ring (bicyclic) bond motifs is 1. The van der Waals surface area contributed by atoms with E-state index in [0.717, 1.165) is 59.7 Å². The third kappa shape index (κ3) is 3.05. The molecule has 0 spiro atoms. The van der Waals surface area contributed by atoms with Crippen LogP contribution in [0.4, 0.5) is 0 Å². The van der Waals surface area contributed by atoms with Crippen molar-refractivity contribution in [3.63, 3.8) is 0 Å². The summed E-state index contributed by atoms with van der Waals surface area (Å²) in [6, 6.07) is 8.15. The Morgan fingerprint density at radius 2 is 2.19 bits per heavy atom. The minimum Gasteiger partial charge on any atom is -0.396 e. The van der Waals surface area contributed by atoms with E-state index < -0.39 is 0 Å². The highest BCUT2D eigenvalue weighted by atomic mass is 35.5.